The minimum absolute atomic E-state index is 0.0130. The summed E-state index contributed by atoms with van der Waals surface area (Å²) in [4.78, 5) is 11.0. The van der Waals surface area contributed by atoms with E-state index in [1.54, 1.807) is 18.2 Å². The van der Waals surface area contributed by atoms with Crippen LogP contribution < -0.4 is 16.0 Å². The first-order valence-corrected chi connectivity index (χ1v) is 8.31. The zero-order valence-electron chi connectivity index (χ0n) is 13.3. The van der Waals surface area contributed by atoms with Gasteiger partial charge in [-0.15, -0.1) is 5.10 Å². The number of aliphatic hydroxyl groups excluding tert-OH is 1. The number of fused-ring (bicyclic) bond motifs is 1. The molecule has 0 spiro atoms. The van der Waals surface area contributed by atoms with Gasteiger partial charge in [-0.05, 0) is 31.0 Å². The SMILES string of the molecule is Nc1cc(Cl)cc(Nc2nc(N3CCCC3CO)nc3n[nH]nc23)c1. The van der Waals surface area contributed by atoms with Crippen molar-refractivity contribution in [2.75, 3.05) is 29.1 Å². The van der Waals surface area contributed by atoms with E-state index in [1.807, 2.05) is 4.90 Å². The van der Waals surface area contributed by atoms with Gasteiger partial charge in [0.2, 0.25) is 11.6 Å². The molecule has 0 saturated carbocycles. The lowest BCUT2D eigenvalue weighted by Crippen LogP contribution is -2.33. The number of nitrogen functional groups attached to an aromatic ring is 1. The van der Waals surface area contributed by atoms with Gasteiger partial charge in [-0.3, -0.25) is 0 Å². The van der Waals surface area contributed by atoms with E-state index in [1.165, 1.54) is 0 Å². The first kappa shape index (κ1) is 15.9. The molecule has 0 amide bonds. The molecule has 1 fully saturated rings. The normalized spacial score (nSPS) is 17.4. The van der Waals surface area contributed by atoms with Gasteiger partial charge in [-0.1, -0.05) is 11.6 Å². The number of anilines is 4. The van der Waals surface area contributed by atoms with Crippen LogP contribution in [0.5, 0.6) is 0 Å². The van der Waals surface area contributed by atoms with E-state index >= 15 is 0 Å². The minimum Gasteiger partial charge on any atom is -0.399 e. The average molecular weight is 361 g/mol. The summed E-state index contributed by atoms with van der Waals surface area (Å²) in [5, 5.41) is 24.0. The molecule has 2 aromatic heterocycles. The fraction of sp³-hybridized carbons (Fsp3) is 0.333. The topological polar surface area (TPSA) is 129 Å². The molecule has 9 nitrogen and oxygen atoms in total. The Morgan fingerprint density at radius 3 is 3.00 bits per heavy atom. The monoisotopic (exact) mass is 360 g/mol. The van der Waals surface area contributed by atoms with Gasteiger partial charge >= 0.3 is 0 Å². The van der Waals surface area contributed by atoms with Gasteiger partial charge in [-0.2, -0.15) is 20.3 Å². The number of rotatable bonds is 4. The lowest BCUT2D eigenvalue weighted by molar-refractivity contribution is 0.265. The molecule has 1 aliphatic rings. The maximum absolute atomic E-state index is 9.56. The first-order chi connectivity index (χ1) is 12.1. The lowest BCUT2D eigenvalue weighted by atomic mass is 10.2. The van der Waals surface area contributed by atoms with Crippen LogP contribution in [0, 0.1) is 0 Å². The zero-order chi connectivity index (χ0) is 17.4. The maximum Gasteiger partial charge on any atom is 0.229 e. The number of hydrogen-bond donors (Lipinski definition) is 4. The van der Waals surface area contributed by atoms with Crippen molar-refractivity contribution in [2.24, 2.45) is 0 Å². The Kier molecular flexibility index (Phi) is 4.02. The number of halogens is 1. The van der Waals surface area contributed by atoms with Gasteiger partial charge in [0, 0.05) is 22.9 Å². The van der Waals surface area contributed by atoms with Crippen molar-refractivity contribution in [3.63, 3.8) is 0 Å². The van der Waals surface area contributed by atoms with Crippen molar-refractivity contribution in [3.8, 4) is 0 Å². The molecule has 3 heterocycles. The van der Waals surface area contributed by atoms with E-state index < -0.39 is 0 Å². The number of hydrogen-bond acceptors (Lipinski definition) is 8. The highest BCUT2D eigenvalue weighted by molar-refractivity contribution is 6.31. The molecule has 0 radical (unpaired) electrons. The highest BCUT2D eigenvalue weighted by Crippen LogP contribution is 2.29. The quantitative estimate of drug-likeness (QED) is 0.517. The highest BCUT2D eigenvalue weighted by atomic mass is 35.5. The molecule has 25 heavy (non-hydrogen) atoms. The Labute approximate surface area is 148 Å². The molecule has 0 bridgehead atoms. The smallest absolute Gasteiger partial charge is 0.229 e. The van der Waals surface area contributed by atoms with Crippen molar-refractivity contribution < 1.29 is 5.11 Å². The molecule has 1 atom stereocenters. The summed E-state index contributed by atoms with van der Waals surface area (Å²) in [5.74, 6) is 1.01. The van der Waals surface area contributed by atoms with E-state index in [2.05, 4.69) is 30.7 Å². The van der Waals surface area contributed by atoms with Crippen LogP contribution in [0.1, 0.15) is 12.8 Å². The molecule has 130 valence electrons. The second-order valence-electron chi connectivity index (χ2n) is 5.94. The number of aliphatic hydroxyl groups is 1. The predicted octanol–water partition coefficient (Wildman–Crippen LogP) is 1.69. The molecular weight excluding hydrogens is 344 g/mol. The van der Waals surface area contributed by atoms with Gasteiger partial charge in [0.05, 0.1) is 12.6 Å². The minimum atomic E-state index is 0.0130. The molecule has 5 N–H and O–H groups in total. The number of H-pyrrole nitrogens is 1. The van der Waals surface area contributed by atoms with Gasteiger partial charge in [0.25, 0.3) is 0 Å². The van der Waals surface area contributed by atoms with Gasteiger partial charge in [0.1, 0.15) is 0 Å². The zero-order valence-corrected chi connectivity index (χ0v) is 14.0. The molecule has 0 aliphatic carbocycles. The predicted molar refractivity (Wildman–Crippen MR) is 96.1 cm³/mol. The summed E-state index contributed by atoms with van der Waals surface area (Å²) in [6.07, 6.45) is 1.89. The van der Waals surface area contributed by atoms with Crippen LogP contribution in [0.15, 0.2) is 18.2 Å². The van der Waals surface area contributed by atoms with Crippen LogP contribution >= 0.6 is 11.6 Å². The van der Waals surface area contributed by atoms with E-state index in [9.17, 15) is 5.11 Å². The number of nitrogens with one attached hydrogen (secondary N) is 2. The summed E-state index contributed by atoms with van der Waals surface area (Å²) in [6, 6.07) is 5.18. The summed E-state index contributed by atoms with van der Waals surface area (Å²) in [6.45, 7) is 0.853. The van der Waals surface area contributed by atoms with Crippen LogP contribution in [-0.4, -0.2) is 49.7 Å². The molecule has 1 aromatic carbocycles. The van der Waals surface area contributed by atoms with Crippen molar-refractivity contribution in [1.29, 1.82) is 0 Å². The van der Waals surface area contributed by atoms with Crippen LogP contribution in [0.2, 0.25) is 5.02 Å². The summed E-state index contributed by atoms with van der Waals surface area (Å²) >= 11 is 6.06. The second-order valence-corrected chi connectivity index (χ2v) is 6.37. The Morgan fingerprint density at radius 1 is 1.32 bits per heavy atom. The Bertz CT molecular complexity index is 893. The van der Waals surface area contributed by atoms with E-state index in [-0.39, 0.29) is 12.6 Å². The molecule has 3 aromatic rings. The standard InChI is InChI=1S/C15H17ClN8O/c16-8-4-9(17)6-10(5-8)18-13-12-14(22-23-21-12)20-15(19-13)24-3-1-2-11(24)7-25/h4-6,11,25H,1-3,7,17H2,(H2,18,19,20,21,22,23). The van der Waals surface area contributed by atoms with E-state index in [0.717, 1.165) is 19.4 Å². The van der Waals surface area contributed by atoms with Crippen LogP contribution in [0.3, 0.4) is 0 Å². The van der Waals surface area contributed by atoms with E-state index in [0.29, 0.717) is 39.3 Å². The van der Waals surface area contributed by atoms with Crippen LogP contribution in [0.4, 0.5) is 23.1 Å². The van der Waals surface area contributed by atoms with Crippen molar-refractivity contribution in [1.82, 2.24) is 25.4 Å². The van der Waals surface area contributed by atoms with Crippen LogP contribution in [0.25, 0.3) is 11.2 Å². The highest BCUT2D eigenvalue weighted by Gasteiger charge is 2.27. The average Bonchev–Trinajstić information content (AvgIpc) is 3.22. The number of nitrogens with zero attached hydrogens (tertiary/aromatic N) is 5. The second kappa shape index (κ2) is 6.34. The molecule has 1 aliphatic heterocycles. The first-order valence-electron chi connectivity index (χ1n) is 7.93. The third kappa shape index (κ3) is 3.03. The molecule has 1 saturated heterocycles. The summed E-state index contributed by atoms with van der Waals surface area (Å²) < 4.78 is 0. The fourth-order valence-corrected chi connectivity index (χ4v) is 3.30. The molecule has 1 unspecified atom stereocenters. The largest absolute Gasteiger partial charge is 0.399 e. The van der Waals surface area contributed by atoms with Crippen molar-refractivity contribution in [2.45, 2.75) is 18.9 Å². The number of aromatic nitrogens is 5. The summed E-state index contributed by atoms with van der Waals surface area (Å²) in [5.41, 5.74) is 8.05. The Morgan fingerprint density at radius 2 is 2.20 bits per heavy atom. The van der Waals surface area contributed by atoms with Crippen molar-refractivity contribution in [3.05, 3.63) is 23.2 Å². The molecule has 4 rings (SSSR count). The number of aromatic amines is 1. The third-order valence-electron chi connectivity index (χ3n) is 4.20. The third-order valence-corrected chi connectivity index (χ3v) is 4.42. The summed E-state index contributed by atoms with van der Waals surface area (Å²) in [7, 11) is 0. The van der Waals surface area contributed by atoms with Gasteiger partial charge < -0.3 is 21.1 Å². The maximum atomic E-state index is 9.56. The van der Waals surface area contributed by atoms with Crippen molar-refractivity contribution >= 4 is 45.9 Å². The molecular formula is C15H17ClN8O. The Hall–Kier alpha value is -2.65. The fourth-order valence-electron chi connectivity index (χ4n) is 3.06. The lowest BCUT2D eigenvalue weighted by Gasteiger charge is -2.23. The van der Waals surface area contributed by atoms with Gasteiger partial charge in [-0.25, -0.2) is 0 Å². The number of nitrogens with two attached hydrogens (primary N) is 1. The molecule has 10 heteroatoms. The number of benzene rings is 1. The van der Waals surface area contributed by atoms with Gasteiger partial charge in [0.15, 0.2) is 11.3 Å². The van der Waals surface area contributed by atoms with E-state index in [4.69, 9.17) is 17.3 Å². The Balaban J connectivity index is 1.76. The van der Waals surface area contributed by atoms with Crippen LogP contribution in [-0.2, 0) is 0 Å².